The smallest absolute Gasteiger partial charge is 0.355 e. The number of hydrogen-bond donors (Lipinski definition) is 2. The molecule has 11 heavy (non-hydrogen) atoms. The zero-order valence-electron chi connectivity index (χ0n) is 5.71. The quantitative estimate of drug-likeness (QED) is 0.720. The van der Waals surface area contributed by atoms with Gasteiger partial charge in [-0.05, 0) is 15.9 Å². The summed E-state index contributed by atoms with van der Waals surface area (Å²) in [5.41, 5.74) is 5.39. The van der Waals surface area contributed by atoms with E-state index >= 15 is 0 Å². The zero-order chi connectivity index (χ0) is 8.59. The van der Waals surface area contributed by atoms with Crippen LogP contribution in [0.25, 0.3) is 0 Å². The molecular weight excluding hydrogens is 214 g/mol. The van der Waals surface area contributed by atoms with Crippen molar-refractivity contribution in [3.63, 3.8) is 0 Å². The van der Waals surface area contributed by atoms with Gasteiger partial charge >= 0.3 is 5.97 Å². The van der Waals surface area contributed by atoms with E-state index in [0.717, 1.165) is 0 Å². The third-order valence-electron chi connectivity index (χ3n) is 1.22. The van der Waals surface area contributed by atoms with Gasteiger partial charge in [-0.2, -0.15) is 5.10 Å². The fraction of sp³-hybridized carbons (Fsp3) is 0.200. The Morgan fingerprint density at radius 3 is 2.55 bits per heavy atom. The summed E-state index contributed by atoms with van der Waals surface area (Å²) in [7, 11) is 1.52. The molecule has 1 aromatic heterocycles. The van der Waals surface area contributed by atoms with Gasteiger partial charge < -0.3 is 10.8 Å². The van der Waals surface area contributed by atoms with Gasteiger partial charge in [0.15, 0.2) is 11.5 Å². The molecule has 1 rings (SSSR count). The minimum absolute atomic E-state index is 0.0579. The summed E-state index contributed by atoms with van der Waals surface area (Å²) in [6, 6.07) is 0. The summed E-state index contributed by atoms with van der Waals surface area (Å²) in [4.78, 5) is 10.5. The molecule has 0 radical (unpaired) electrons. The van der Waals surface area contributed by atoms with Crippen LogP contribution in [-0.2, 0) is 7.05 Å². The predicted octanol–water partition coefficient (Wildman–Crippen LogP) is 0.463. The van der Waals surface area contributed by atoms with Crippen molar-refractivity contribution in [2.75, 3.05) is 5.73 Å². The maximum atomic E-state index is 10.5. The van der Waals surface area contributed by atoms with Crippen molar-refractivity contribution in [2.45, 2.75) is 0 Å². The molecule has 0 saturated carbocycles. The number of halogens is 1. The van der Waals surface area contributed by atoms with Crippen molar-refractivity contribution in [3.05, 3.63) is 10.2 Å². The van der Waals surface area contributed by atoms with Crippen molar-refractivity contribution in [1.29, 1.82) is 0 Å². The summed E-state index contributed by atoms with van der Waals surface area (Å²) in [5.74, 6) is -0.867. The molecule has 0 aliphatic heterocycles. The normalized spacial score (nSPS) is 10.0. The fourth-order valence-corrected chi connectivity index (χ4v) is 1.26. The third-order valence-corrected chi connectivity index (χ3v) is 2.00. The van der Waals surface area contributed by atoms with Crippen molar-refractivity contribution in [1.82, 2.24) is 9.78 Å². The molecule has 0 amide bonds. The molecule has 0 spiro atoms. The Bertz CT molecular complexity index is 307. The topological polar surface area (TPSA) is 81.1 Å². The summed E-state index contributed by atoms with van der Waals surface area (Å²) < 4.78 is 1.54. The van der Waals surface area contributed by atoms with E-state index in [9.17, 15) is 4.79 Å². The minimum atomic E-state index is -1.05. The summed E-state index contributed by atoms with van der Waals surface area (Å²) in [5, 5.41) is 12.3. The van der Waals surface area contributed by atoms with Gasteiger partial charge in [-0.25, -0.2) is 4.79 Å². The molecule has 0 saturated heterocycles. The number of aromatic nitrogens is 2. The predicted molar refractivity (Wildman–Crippen MR) is 42.3 cm³/mol. The van der Waals surface area contributed by atoms with E-state index in [1.807, 2.05) is 0 Å². The van der Waals surface area contributed by atoms with Crippen LogP contribution in [0.4, 0.5) is 5.82 Å². The number of nitrogens with zero attached hydrogens (tertiary/aromatic N) is 2. The van der Waals surface area contributed by atoms with E-state index in [0.29, 0.717) is 4.47 Å². The lowest BCUT2D eigenvalue weighted by molar-refractivity contribution is 0.0684. The highest BCUT2D eigenvalue weighted by atomic mass is 79.9. The van der Waals surface area contributed by atoms with Gasteiger partial charge in [0, 0.05) is 7.05 Å². The first-order valence-electron chi connectivity index (χ1n) is 2.75. The maximum Gasteiger partial charge on any atom is 0.355 e. The van der Waals surface area contributed by atoms with E-state index in [1.165, 1.54) is 11.7 Å². The second kappa shape index (κ2) is 2.54. The summed E-state index contributed by atoms with van der Waals surface area (Å²) in [6.07, 6.45) is 0. The number of anilines is 1. The fourth-order valence-electron chi connectivity index (χ4n) is 0.751. The molecule has 5 nitrogen and oxygen atoms in total. The molecular formula is C5H6BrN3O2. The number of rotatable bonds is 1. The first-order valence-corrected chi connectivity index (χ1v) is 3.54. The summed E-state index contributed by atoms with van der Waals surface area (Å²) in [6.45, 7) is 0. The number of carboxylic acid groups (broad SMARTS) is 1. The maximum absolute atomic E-state index is 10.5. The van der Waals surface area contributed by atoms with Crippen LogP contribution in [0.2, 0.25) is 0 Å². The molecule has 0 aliphatic carbocycles. The number of carbonyl (C=O) groups is 1. The molecule has 0 fully saturated rings. The lowest BCUT2D eigenvalue weighted by Gasteiger charge is -1.92. The molecule has 1 heterocycles. The largest absolute Gasteiger partial charge is 0.476 e. The standard InChI is InChI=1S/C5H6BrN3O2/c1-9-3(5(10)11)2(6)4(7)8-9/h1H3,(H2,7,8)(H,10,11). The highest BCUT2D eigenvalue weighted by molar-refractivity contribution is 9.10. The first kappa shape index (κ1) is 8.06. The molecule has 0 atom stereocenters. The SMILES string of the molecule is Cn1nc(N)c(Br)c1C(=O)O. The van der Waals surface area contributed by atoms with Gasteiger partial charge in [0.25, 0.3) is 0 Å². The highest BCUT2D eigenvalue weighted by Crippen LogP contribution is 2.22. The Kier molecular flexibility index (Phi) is 1.86. The third kappa shape index (κ3) is 1.21. The Labute approximate surface area is 70.9 Å². The monoisotopic (exact) mass is 219 g/mol. The number of aryl methyl sites for hydroxylation is 1. The minimum Gasteiger partial charge on any atom is -0.476 e. The molecule has 0 aliphatic rings. The van der Waals surface area contributed by atoms with Crippen LogP contribution < -0.4 is 5.73 Å². The average Bonchev–Trinajstić information content (AvgIpc) is 2.07. The van der Waals surface area contributed by atoms with Crippen LogP contribution in [-0.4, -0.2) is 20.9 Å². The van der Waals surface area contributed by atoms with Crippen molar-refractivity contribution >= 4 is 27.7 Å². The number of nitrogens with two attached hydrogens (primary N) is 1. The lowest BCUT2D eigenvalue weighted by atomic mass is 10.4. The number of carboxylic acids is 1. The van der Waals surface area contributed by atoms with E-state index in [4.69, 9.17) is 10.8 Å². The van der Waals surface area contributed by atoms with Crippen molar-refractivity contribution in [2.24, 2.45) is 7.05 Å². The average molecular weight is 220 g/mol. The highest BCUT2D eigenvalue weighted by Gasteiger charge is 2.17. The van der Waals surface area contributed by atoms with Crippen molar-refractivity contribution < 1.29 is 9.90 Å². The zero-order valence-corrected chi connectivity index (χ0v) is 7.29. The number of nitrogen functional groups attached to an aromatic ring is 1. The Balaban J connectivity index is 3.34. The Morgan fingerprint density at radius 2 is 2.36 bits per heavy atom. The van der Waals surface area contributed by atoms with E-state index in [2.05, 4.69) is 21.0 Å². The second-order valence-electron chi connectivity index (χ2n) is 1.98. The molecule has 0 unspecified atom stereocenters. The molecule has 0 aromatic carbocycles. The van der Waals surface area contributed by atoms with E-state index in [-0.39, 0.29) is 11.5 Å². The Hall–Kier alpha value is -1.04. The summed E-state index contributed by atoms with van der Waals surface area (Å²) >= 11 is 3.01. The van der Waals surface area contributed by atoms with E-state index in [1.54, 1.807) is 0 Å². The number of aromatic carboxylic acids is 1. The molecule has 3 N–H and O–H groups in total. The van der Waals surface area contributed by atoms with Gasteiger partial charge in [0.05, 0.1) is 4.47 Å². The lowest BCUT2D eigenvalue weighted by Crippen LogP contribution is -2.05. The molecule has 0 bridgehead atoms. The van der Waals surface area contributed by atoms with Gasteiger partial charge in [0.1, 0.15) is 0 Å². The van der Waals surface area contributed by atoms with Gasteiger partial charge in [-0.1, -0.05) is 0 Å². The Morgan fingerprint density at radius 1 is 1.82 bits per heavy atom. The second-order valence-corrected chi connectivity index (χ2v) is 2.77. The van der Waals surface area contributed by atoms with Crippen LogP contribution in [0.1, 0.15) is 10.5 Å². The van der Waals surface area contributed by atoms with Crippen molar-refractivity contribution in [3.8, 4) is 0 Å². The van der Waals surface area contributed by atoms with Crippen LogP contribution in [0, 0.1) is 0 Å². The molecule has 60 valence electrons. The molecule has 6 heteroatoms. The van der Waals surface area contributed by atoms with Crippen LogP contribution >= 0.6 is 15.9 Å². The first-order chi connectivity index (χ1) is 5.04. The van der Waals surface area contributed by atoms with Gasteiger partial charge in [-0.3, -0.25) is 4.68 Å². The molecule has 1 aromatic rings. The van der Waals surface area contributed by atoms with Gasteiger partial charge in [0.2, 0.25) is 0 Å². The van der Waals surface area contributed by atoms with E-state index < -0.39 is 5.97 Å². The van der Waals surface area contributed by atoms with Crippen LogP contribution in [0.15, 0.2) is 4.47 Å². The van der Waals surface area contributed by atoms with Gasteiger partial charge in [-0.15, -0.1) is 0 Å². The van der Waals surface area contributed by atoms with Crippen LogP contribution in [0.3, 0.4) is 0 Å². The van der Waals surface area contributed by atoms with Crippen LogP contribution in [0.5, 0.6) is 0 Å². The number of hydrogen-bond acceptors (Lipinski definition) is 3.